The summed E-state index contributed by atoms with van der Waals surface area (Å²) in [4.78, 5) is 39.3. The average molecular weight is 360 g/mol. The Hall–Kier alpha value is -2.57. The molecule has 2 amide bonds. The van der Waals surface area contributed by atoms with Gasteiger partial charge in [-0.15, -0.1) is 0 Å². The van der Waals surface area contributed by atoms with Gasteiger partial charge in [0.15, 0.2) is 0 Å². The van der Waals surface area contributed by atoms with Crippen molar-refractivity contribution in [1.82, 2.24) is 9.80 Å². The maximum atomic E-state index is 12.5. The first-order valence-electron chi connectivity index (χ1n) is 8.94. The monoisotopic (exact) mass is 360 g/mol. The largest absolute Gasteiger partial charge is 0.493 e. The van der Waals surface area contributed by atoms with E-state index in [0.29, 0.717) is 39.2 Å². The normalized spacial score (nSPS) is 16.0. The van der Waals surface area contributed by atoms with E-state index >= 15 is 0 Å². The first-order valence-corrected chi connectivity index (χ1v) is 8.94. The molecule has 1 saturated heterocycles. The summed E-state index contributed by atoms with van der Waals surface area (Å²) in [6.45, 7) is 2.76. The van der Waals surface area contributed by atoms with Crippen molar-refractivity contribution in [2.75, 3.05) is 39.9 Å². The van der Waals surface area contributed by atoms with Crippen molar-refractivity contribution in [3.05, 3.63) is 29.3 Å². The lowest BCUT2D eigenvalue weighted by Gasteiger charge is -2.35. The maximum absolute atomic E-state index is 12.5. The highest BCUT2D eigenvalue weighted by atomic mass is 16.5. The van der Waals surface area contributed by atoms with Crippen LogP contribution in [0.5, 0.6) is 5.75 Å². The molecule has 7 nitrogen and oxygen atoms in total. The second-order valence-electron chi connectivity index (χ2n) is 6.56. The Morgan fingerprint density at radius 2 is 1.73 bits per heavy atom. The van der Waals surface area contributed by atoms with E-state index in [9.17, 15) is 14.4 Å². The summed E-state index contributed by atoms with van der Waals surface area (Å²) in [6, 6.07) is 5.92. The summed E-state index contributed by atoms with van der Waals surface area (Å²) in [5.74, 6) is 0.541. The minimum atomic E-state index is -0.382. The van der Waals surface area contributed by atoms with Gasteiger partial charge in [-0.25, -0.2) is 0 Å². The van der Waals surface area contributed by atoms with Gasteiger partial charge < -0.3 is 19.3 Å². The highest BCUT2D eigenvalue weighted by Gasteiger charge is 2.24. The number of benzene rings is 1. The first kappa shape index (κ1) is 18.2. The van der Waals surface area contributed by atoms with Gasteiger partial charge >= 0.3 is 5.97 Å². The highest BCUT2D eigenvalue weighted by molar-refractivity contribution is 5.82. The summed E-state index contributed by atoms with van der Waals surface area (Å²) < 4.78 is 10.0. The standard InChI is InChI=1S/C19H24N2O5/c1-25-19(24)5-4-17(22)20-7-9-21(10-8-20)18(23)13-14-2-3-16-15(12-14)6-11-26-16/h2-3,12H,4-11,13H2,1H3. The molecule has 0 N–H and O–H groups in total. The number of amides is 2. The third-order valence-electron chi connectivity index (χ3n) is 4.86. The molecular weight excluding hydrogens is 336 g/mol. The topological polar surface area (TPSA) is 76.2 Å². The number of nitrogens with zero attached hydrogens (tertiary/aromatic N) is 2. The molecule has 3 rings (SSSR count). The molecule has 26 heavy (non-hydrogen) atoms. The van der Waals surface area contributed by atoms with Crippen molar-refractivity contribution in [3.8, 4) is 5.75 Å². The number of carbonyl (C=O) groups is 3. The van der Waals surface area contributed by atoms with Crippen LogP contribution in [0.1, 0.15) is 24.0 Å². The molecule has 2 heterocycles. The molecule has 0 atom stereocenters. The van der Waals surface area contributed by atoms with Gasteiger partial charge in [-0.2, -0.15) is 0 Å². The fraction of sp³-hybridized carbons (Fsp3) is 0.526. The zero-order valence-corrected chi connectivity index (χ0v) is 15.0. The van der Waals surface area contributed by atoms with Crippen LogP contribution in [-0.4, -0.2) is 67.5 Å². The Labute approximate surface area is 152 Å². The Kier molecular flexibility index (Phi) is 5.75. The van der Waals surface area contributed by atoms with Crippen LogP contribution >= 0.6 is 0 Å². The van der Waals surface area contributed by atoms with Crippen LogP contribution in [0.25, 0.3) is 0 Å². The van der Waals surface area contributed by atoms with Gasteiger partial charge in [0, 0.05) is 39.0 Å². The molecule has 0 unspecified atom stereocenters. The zero-order valence-electron chi connectivity index (χ0n) is 15.0. The molecule has 2 aliphatic rings. The molecule has 0 saturated carbocycles. The lowest BCUT2D eigenvalue weighted by Crippen LogP contribution is -2.51. The van der Waals surface area contributed by atoms with E-state index in [2.05, 4.69) is 4.74 Å². The molecular formula is C19H24N2O5. The van der Waals surface area contributed by atoms with Crippen LogP contribution < -0.4 is 4.74 Å². The van der Waals surface area contributed by atoms with E-state index in [1.54, 1.807) is 9.80 Å². The predicted octanol–water partition coefficient (Wildman–Crippen LogP) is 0.788. The van der Waals surface area contributed by atoms with E-state index < -0.39 is 0 Å². The summed E-state index contributed by atoms with van der Waals surface area (Å²) in [5.41, 5.74) is 2.16. The minimum Gasteiger partial charge on any atom is -0.493 e. The van der Waals surface area contributed by atoms with Gasteiger partial charge in [-0.05, 0) is 17.2 Å². The Balaban J connectivity index is 1.46. The number of esters is 1. The van der Waals surface area contributed by atoms with E-state index in [0.717, 1.165) is 23.3 Å². The molecule has 0 aliphatic carbocycles. The Morgan fingerprint density at radius 1 is 1.04 bits per heavy atom. The molecule has 1 aromatic carbocycles. The SMILES string of the molecule is COC(=O)CCC(=O)N1CCN(C(=O)Cc2ccc3c(c2)CCO3)CC1. The van der Waals surface area contributed by atoms with Gasteiger partial charge in [-0.1, -0.05) is 12.1 Å². The first-order chi connectivity index (χ1) is 12.6. The number of rotatable bonds is 5. The van der Waals surface area contributed by atoms with Gasteiger partial charge in [0.05, 0.1) is 26.6 Å². The van der Waals surface area contributed by atoms with Crippen LogP contribution in [0.15, 0.2) is 18.2 Å². The quantitative estimate of drug-likeness (QED) is 0.726. The second kappa shape index (κ2) is 8.21. The van der Waals surface area contributed by atoms with Crippen molar-refractivity contribution in [3.63, 3.8) is 0 Å². The van der Waals surface area contributed by atoms with Crippen molar-refractivity contribution in [2.45, 2.75) is 25.7 Å². The smallest absolute Gasteiger partial charge is 0.306 e. The van der Waals surface area contributed by atoms with Crippen LogP contribution in [0.2, 0.25) is 0 Å². The molecule has 1 fully saturated rings. The summed E-state index contributed by atoms with van der Waals surface area (Å²) >= 11 is 0. The molecule has 140 valence electrons. The van der Waals surface area contributed by atoms with E-state index in [1.165, 1.54) is 7.11 Å². The van der Waals surface area contributed by atoms with Crippen LogP contribution in [0, 0.1) is 0 Å². The second-order valence-corrected chi connectivity index (χ2v) is 6.56. The number of piperazine rings is 1. The predicted molar refractivity (Wildman–Crippen MR) is 93.8 cm³/mol. The molecule has 0 aromatic heterocycles. The third kappa shape index (κ3) is 4.33. The van der Waals surface area contributed by atoms with Crippen molar-refractivity contribution in [1.29, 1.82) is 0 Å². The molecule has 0 spiro atoms. The van der Waals surface area contributed by atoms with Gasteiger partial charge in [0.25, 0.3) is 0 Å². The molecule has 0 radical (unpaired) electrons. The number of methoxy groups -OCH3 is 1. The minimum absolute atomic E-state index is 0.0684. The molecule has 7 heteroatoms. The molecule has 1 aromatic rings. The number of fused-ring (bicyclic) bond motifs is 1. The lowest BCUT2D eigenvalue weighted by molar-refractivity contribution is -0.144. The van der Waals surface area contributed by atoms with Crippen molar-refractivity contribution >= 4 is 17.8 Å². The molecule has 0 bridgehead atoms. The Morgan fingerprint density at radius 3 is 2.42 bits per heavy atom. The molecule has 2 aliphatic heterocycles. The van der Waals surface area contributed by atoms with Gasteiger partial charge in [-0.3, -0.25) is 14.4 Å². The fourth-order valence-corrected chi connectivity index (χ4v) is 3.31. The number of ether oxygens (including phenoxy) is 2. The number of hydrogen-bond donors (Lipinski definition) is 0. The average Bonchev–Trinajstić information content (AvgIpc) is 3.13. The van der Waals surface area contributed by atoms with E-state index in [4.69, 9.17) is 4.74 Å². The van der Waals surface area contributed by atoms with Gasteiger partial charge in [0.1, 0.15) is 5.75 Å². The van der Waals surface area contributed by atoms with Crippen LogP contribution in [0.4, 0.5) is 0 Å². The summed E-state index contributed by atoms with van der Waals surface area (Å²) in [7, 11) is 1.31. The van der Waals surface area contributed by atoms with E-state index in [-0.39, 0.29) is 30.6 Å². The highest BCUT2D eigenvalue weighted by Crippen LogP contribution is 2.26. The summed E-state index contributed by atoms with van der Waals surface area (Å²) in [6.07, 6.45) is 1.50. The zero-order chi connectivity index (χ0) is 18.5. The van der Waals surface area contributed by atoms with Crippen LogP contribution in [0.3, 0.4) is 0 Å². The van der Waals surface area contributed by atoms with Crippen molar-refractivity contribution < 1.29 is 23.9 Å². The number of carbonyl (C=O) groups excluding carboxylic acids is 3. The van der Waals surface area contributed by atoms with Crippen LogP contribution in [-0.2, 0) is 32.0 Å². The Bertz CT molecular complexity index is 695. The fourth-order valence-electron chi connectivity index (χ4n) is 3.31. The number of hydrogen-bond acceptors (Lipinski definition) is 5. The maximum Gasteiger partial charge on any atom is 0.306 e. The van der Waals surface area contributed by atoms with Crippen molar-refractivity contribution in [2.24, 2.45) is 0 Å². The van der Waals surface area contributed by atoms with E-state index in [1.807, 2.05) is 18.2 Å². The summed E-state index contributed by atoms with van der Waals surface area (Å²) in [5, 5.41) is 0. The third-order valence-corrected chi connectivity index (χ3v) is 4.86. The van der Waals surface area contributed by atoms with Gasteiger partial charge in [0.2, 0.25) is 11.8 Å². The lowest BCUT2D eigenvalue weighted by atomic mass is 10.1.